The summed E-state index contributed by atoms with van der Waals surface area (Å²) in [6.45, 7) is 0. The first kappa shape index (κ1) is 11.9. The van der Waals surface area contributed by atoms with E-state index in [9.17, 15) is 18.0 Å². The Hall–Kier alpha value is -1.17. The maximum atomic E-state index is 11.9. The molecule has 0 atom stereocenters. The predicted octanol–water partition coefficient (Wildman–Crippen LogP) is 2.82. The molecular weight excluding hydrogens is 227 g/mol. The van der Waals surface area contributed by atoms with Crippen LogP contribution in [0.15, 0.2) is 29.2 Å². The van der Waals surface area contributed by atoms with Gasteiger partial charge in [-0.2, -0.15) is 13.2 Å². The molecule has 1 aromatic carbocycles. The average molecular weight is 234 g/mol. The summed E-state index contributed by atoms with van der Waals surface area (Å²) in [5, 5.41) is 2.13. The van der Waals surface area contributed by atoms with Gasteiger partial charge in [-0.1, -0.05) is 0 Å². The third kappa shape index (κ3) is 3.83. The smallest absolute Gasteiger partial charge is 0.350 e. The van der Waals surface area contributed by atoms with Gasteiger partial charge in [0.05, 0.1) is 0 Å². The summed E-state index contributed by atoms with van der Waals surface area (Å²) < 4.78 is 35.8. The van der Waals surface area contributed by atoms with Gasteiger partial charge >= 0.3 is 5.51 Å². The van der Waals surface area contributed by atoms with Gasteiger partial charge in [0.2, 0.25) is 0 Å². The monoisotopic (exact) mass is 234 g/mol. The van der Waals surface area contributed by atoms with Crippen LogP contribution in [0, 0.1) is 7.05 Å². The molecule has 2 nitrogen and oxygen atoms in total. The van der Waals surface area contributed by atoms with Crippen molar-refractivity contribution in [1.82, 2.24) is 5.32 Å². The fraction of sp³-hybridized carbons (Fsp3) is 0.111. The first-order valence-corrected chi connectivity index (χ1v) is 4.67. The quantitative estimate of drug-likeness (QED) is 0.797. The van der Waals surface area contributed by atoms with Crippen LogP contribution in [0.3, 0.4) is 0 Å². The first-order valence-electron chi connectivity index (χ1n) is 3.85. The van der Waals surface area contributed by atoms with E-state index in [0.717, 1.165) is 0 Å². The molecule has 1 radical (unpaired) electrons. The molecule has 0 saturated carbocycles. The van der Waals surface area contributed by atoms with Crippen LogP contribution in [0.1, 0.15) is 10.4 Å². The molecule has 1 rings (SSSR count). The minimum atomic E-state index is -4.31. The Kier molecular flexibility index (Phi) is 3.62. The molecule has 1 amide bonds. The third-order valence-corrected chi connectivity index (χ3v) is 2.25. The van der Waals surface area contributed by atoms with Gasteiger partial charge in [0.15, 0.2) is 0 Å². The molecule has 0 heterocycles. The maximum Gasteiger partial charge on any atom is 0.446 e. The van der Waals surface area contributed by atoms with Crippen molar-refractivity contribution in [3.63, 3.8) is 0 Å². The summed E-state index contributed by atoms with van der Waals surface area (Å²) in [4.78, 5) is 11.1. The maximum absolute atomic E-state index is 11.9. The van der Waals surface area contributed by atoms with Crippen LogP contribution < -0.4 is 5.32 Å². The number of carbonyl (C=O) groups excluding carboxylic acids is 1. The van der Waals surface area contributed by atoms with Gasteiger partial charge in [0, 0.05) is 17.5 Å². The Morgan fingerprint density at radius 2 is 1.80 bits per heavy atom. The minimum absolute atomic E-state index is 0.0445. The summed E-state index contributed by atoms with van der Waals surface area (Å²) in [6, 6.07) is 5.11. The van der Waals surface area contributed by atoms with E-state index in [0.29, 0.717) is 0 Å². The molecule has 0 bridgehead atoms. The number of amides is 1. The number of benzene rings is 1. The van der Waals surface area contributed by atoms with Crippen LogP contribution in [0.5, 0.6) is 0 Å². The fourth-order valence-corrected chi connectivity index (χ4v) is 1.45. The van der Waals surface area contributed by atoms with Gasteiger partial charge in [-0.25, -0.2) is 0 Å². The van der Waals surface area contributed by atoms with Crippen molar-refractivity contribution in [3.8, 4) is 0 Å². The number of hydrogen-bond donors (Lipinski definition) is 1. The molecule has 0 saturated heterocycles. The van der Waals surface area contributed by atoms with E-state index in [1.807, 2.05) is 0 Å². The zero-order valence-corrected chi connectivity index (χ0v) is 8.28. The molecule has 0 unspecified atom stereocenters. The third-order valence-electron chi connectivity index (χ3n) is 1.51. The van der Waals surface area contributed by atoms with Crippen molar-refractivity contribution in [2.75, 3.05) is 0 Å². The molecule has 0 spiro atoms. The fourth-order valence-electron chi connectivity index (χ4n) is 0.910. The summed E-state index contributed by atoms with van der Waals surface area (Å²) in [7, 11) is 3.16. The van der Waals surface area contributed by atoms with Crippen LogP contribution in [0.2, 0.25) is 0 Å². The molecule has 1 aromatic rings. The van der Waals surface area contributed by atoms with E-state index in [-0.39, 0.29) is 22.2 Å². The second kappa shape index (κ2) is 4.57. The molecule has 6 heteroatoms. The van der Waals surface area contributed by atoms with Gasteiger partial charge in [0.1, 0.15) is 0 Å². The molecule has 0 aliphatic carbocycles. The van der Waals surface area contributed by atoms with Crippen molar-refractivity contribution in [3.05, 3.63) is 36.9 Å². The number of halogens is 3. The van der Waals surface area contributed by atoms with Crippen molar-refractivity contribution in [2.24, 2.45) is 0 Å². The zero-order chi connectivity index (χ0) is 11.5. The second-order valence-corrected chi connectivity index (χ2v) is 3.72. The minimum Gasteiger partial charge on any atom is -0.350 e. The molecule has 0 fully saturated rings. The highest BCUT2D eigenvalue weighted by Crippen LogP contribution is 2.36. The first-order chi connectivity index (χ1) is 6.92. The number of rotatable bonds is 2. The van der Waals surface area contributed by atoms with Gasteiger partial charge < -0.3 is 5.32 Å². The number of carbonyl (C=O) groups is 1. The lowest BCUT2D eigenvalue weighted by molar-refractivity contribution is -0.0328. The Labute approximate surface area is 88.9 Å². The van der Waals surface area contributed by atoms with Crippen LogP contribution in [0.25, 0.3) is 0 Å². The molecule has 1 N–H and O–H groups in total. The van der Waals surface area contributed by atoms with E-state index in [1.54, 1.807) is 0 Å². The van der Waals surface area contributed by atoms with Crippen LogP contribution >= 0.6 is 11.8 Å². The van der Waals surface area contributed by atoms with Crippen LogP contribution in [-0.2, 0) is 0 Å². The highest BCUT2D eigenvalue weighted by atomic mass is 32.2. The lowest BCUT2D eigenvalue weighted by Crippen LogP contribution is -2.15. The Balaban J connectivity index is 2.77. The molecule has 0 aromatic heterocycles. The van der Waals surface area contributed by atoms with E-state index in [2.05, 4.69) is 12.4 Å². The lowest BCUT2D eigenvalue weighted by Gasteiger charge is -2.05. The molecule has 0 aliphatic rings. The largest absolute Gasteiger partial charge is 0.446 e. The normalized spacial score (nSPS) is 11.2. The number of alkyl halides is 3. The zero-order valence-electron chi connectivity index (χ0n) is 7.47. The van der Waals surface area contributed by atoms with Gasteiger partial charge in [-0.15, -0.1) is 0 Å². The Morgan fingerprint density at radius 1 is 1.27 bits per heavy atom. The van der Waals surface area contributed by atoms with Gasteiger partial charge in [-0.05, 0) is 36.0 Å². The van der Waals surface area contributed by atoms with E-state index in [4.69, 9.17) is 0 Å². The second-order valence-electron chi connectivity index (χ2n) is 2.58. The van der Waals surface area contributed by atoms with Gasteiger partial charge in [0.25, 0.3) is 5.91 Å². The number of thioether (sulfide) groups is 1. The molecule has 81 valence electrons. The summed E-state index contributed by atoms with van der Waals surface area (Å²) >= 11 is -0.219. The summed E-state index contributed by atoms with van der Waals surface area (Å²) in [5.74, 6) is -0.432. The average Bonchev–Trinajstić information content (AvgIpc) is 2.15. The SMILES string of the molecule is [CH2]NC(=O)c1ccc(SC(F)(F)F)cc1. The predicted molar refractivity (Wildman–Crippen MR) is 51.2 cm³/mol. The number of nitrogens with one attached hydrogen (secondary N) is 1. The van der Waals surface area contributed by atoms with E-state index >= 15 is 0 Å². The van der Waals surface area contributed by atoms with Crippen LogP contribution in [-0.4, -0.2) is 11.4 Å². The van der Waals surface area contributed by atoms with Crippen molar-refractivity contribution < 1.29 is 18.0 Å². The van der Waals surface area contributed by atoms with Crippen LogP contribution in [0.4, 0.5) is 13.2 Å². The molecule has 0 aliphatic heterocycles. The highest BCUT2D eigenvalue weighted by Gasteiger charge is 2.29. The summed E-state index contributed by atoms with van der Waals surface area (Å²) in [6.07, 6.45) is 0. The Bertz CT molecular complexity index is 347. The summed E-state index contributed by atoms with van der Waals surface area (Å²) in [5.41, 5.74) is -4.03. The lowest BCUT2D eigenvalue weighted by atomic mass is 10.2. The van der Waals surface area contributed by atoms with E-state index < -0.39 is 11.4 Å². The van der Waals surface area contributed by atoms with Crippen molar-refractivity contribution in [1.29, 1.82) is 0 Å². The highest BCUT2D eigenvalue weighted by molar-refractivity contribution is 8.00. The molecule has 15 heavy (non-hydrogen) atoms. The topological polar surface area (TPSA) is 29.1 Å². The van der Waals surface area contributed by atoms with Gasteiger partial charge in [-0.3, -0.25) is 4.79 Å². The molecular formula is C9H7F3NOS. The number of hydrogen-bond acceptors (Lipinski definition) is 2. The van der Waals surface area contributed by atoms with Crippen molar-refractivity contribution >= 4 is 17.7 Å². The van der Waals surface area contributed by atoms with Crippen molar-refractivity contribution in [2.45, 2.75) is 10.4 Å². The van der Waals surface area contributed by atoms with E-state index in [1.165, 1.54) is 24.3 Å². The standard InChI is InChI=1S/C9H7F3NOS/c1-13-8(14)6-2-4-7(5-3-6)15-9(10,11)12/h2-5H,1H2,(H,13,14). The Morgan fingerprint density at radius 3 is 2.20 bits per heavy atom.